The first-order valence-corrected chi connectivity index (χ1v) is 9.14. The van der Waals surface area contributed by atoms with E-state index in [1.165, 1.54) is 11.8 Å². The summed E-state index contributed by atoms with van der Waals surface area (Å²) in [5.74, 6) is -0.500. The van der Waals surface area contributed by atoms with E-state index in [9.17, 15) is 14.4 Å². The molecule has 0 unspecified atom stereocenters. The van der Waals surface area contributed by atoms with E-state index in [0.717, 1.165) is 17.5 Å². The van der Waals surface area contributed by atoms with Gasteiger partial charge in [0.2, 0.25) is 5.91 Å². The van der Waals surface area contributed by atoms with E-state index >= 15 is 0 Å². The van der Waals surface area contributed by atoms with E-state index in [1.54, 1.807) is 20.8 Å². The van der Waals surface area contributed by atoms with Gasteiger partial charge in [0.05, 0.1) is 0 Å². The lowest BCUT2D eigenvalue weighted by Gasteiger charge is -2.27. The number of hydrogen-bond donors (Lipinski definition) is 1. The van der Waals surface area contributed by atoms with Crippen molar-refractivity contribution in [2.45, 2.75) is 65.3 Å². The molecule has 0 aromatic heterocycles. The predicted octanol–water partition coefficient (Wildman–Crippen LogP) is 2.77. The van der Waals surface area contributed by atoms with Gasteiger partial charge < -0.3 is 14.8 Å². The summed E-state index contributed by atoms with van der Waals surface area (Å²) in [6.45, 7) is 7.95. The molecule has 0 radical (unpaired) electrons. The molecule has 0 aliphatic carbocycles. The number of benzene rings is 1. The molecule has 1 aliphatic rings. The molecule has 7 heteroatoms. The highest BCUT2D eigenvalue weighted by molar-refractivity contribution is 5.82. The molecule has 1 aromatic rings. The molecule has 148 valence electrons. The van der Waals surface area contributed by atoms with Crippen molar-refractivity contribution in [1.82, 2.24) is 10.2 Å². The minimum Gasteiger partial charge on any atom is -0.459 e. The first-order chi connectivity index (χ1) is 12.7. The number of nitrogens with one attached hydrogen (secondary N) is 1. The highest BCUT2D eigenvalue weighted by Crippen LogP contribution is 2.22. The molecule has 1 aromatic carbocycles. The van der Waals surface area contributed by atoms with Crippen molar-refractivity contribution in [3.63, 3.8) is 0 Å². The van der Waals surface area contributed by atoms with Gasteiger partial charge in [-0.1, -0.05) is 24.3 Å². The second-order valence-electron chi connectivity index (χ2n) is 7.67. The topological polar surface area (TPSA) is 84.9 Å². The van der Waals surface area contributed by atoms with E-state index < -0.39 is 23.7 Å². The van der Waals surface area contributed by atoms with E-state index in [2.05, 4.69) is 5.32 Å². The van der Waals surface area contributed by atoms with E-state index in [1.807, 2.05) is 24.3 Å². The van der Waals surface area contributed by atoms with Crippen LogP contribution in [0.3, 0.4) is 0 Å². The summed E-state index contributed by atoms with van der Waals surface area (Å²) in [6.07, 6.45) is 0.842. The van der Waals surface area contributed by atoms with Crippen molar-refractivity contribution in [1.29, 1.82) is 0 Å². The lowest BCUT2D eigenvalue weighted by Crippen LogP contribution is -2.44. The number of hydrogen-bond acceptors (Lipinski definition) is 5. The van der Waals surface area contributed by atoms with Gasteiger partial charge in [-0.15, -0.1) is 0 Å². The Labute approximate surface area is 160 Å². The maximum absolute atomic E-state index is 12.4. The number of ether oxygens (including phenoxy) is 2. The third-order valence-electron chi connectivity index (χ3n) is 4.10. The van der Waals surface area contributed by atoms with Gasteiger partial charge in [-0.25, -0.2) is 9.59 Å². The molecular formula is C20H28N2O5. The molecule has 0 bridgehead atoms. The molecule has 0 spiro atoms. The number of likely N-dealkylation sites (tertiary alicyclic amines) is 1. The van der Waals surface area contributed by atoms with Gasteiger partial charge in [-0.05, 0) is 44.7 Å². The van der Waals surface area contributed by atoms with Crippen LogP contribution in [0.5, 0.6) is 0 Å². The minimum absolute atomic E-state index is 0.0842. The van der Waals surface area contributed by atoms with Crippen LogP contribution in [0, 0.1) is 0 Å². The minimum atomic E-state index is -0.604. The molecule has 0 saturated carbocycles. The van der Waals surface area contributed by atoms with Crippen LogP contribution in [0.25, 0.3) is 0 Å². The van der Waals surface area contributed by atoms with Crippen LogP contribution in [0.15, 0.2) is 24.3 Å². The lowest BCUT2D eigenvalue weighted by molar-refractivity contribution is -0.150. The zero-order valence-electron chi connectivity index (χ0n) is 16.4. The molecule has 1 fully saturated rings. The molecule has 1 heterocycles. The summed E-state index contributed by atoms with van der Waals surface area (Å²) in [5.41, 5.74) is 1.21. The summed E-state index contributed by atoms with van der Waals surface area (Å²) in [4.78, 5) is 37.1. The fourth-order valence-corrected chi connectivity index (χ4v) is 2.78. The van der Waals surface area contributed by atoms with Crippen LogP contribution in [0.1, 0.15) is 51.7 Å². The Morgan fingerprint density at radius 1 is 1.15 bits per heavy atom. The monoisotopic (exact) mass is 376 g/mol. The Bertz CT molecular complexity index is 679. The van der Waals surface area contributed by atoms with Crippen molar-refractivity contribution in [2.24, 2.45) is 0 Å². The molecule has 2 rings (SSSR count). The normalized spacial score (nSPS) is 16.7. The summed E-state index contributed by atoms with van der Waals surface area (Å²) in [5, 5.41) is 2.73. The van der Waals surface area contributed by atoms with Gasteiger partial charge in [0, 0.05) is 20.0 Å². The summed E-state index contributed by atoms with van der Waals surface area (Å²) in [6, 6.07) is 6.86. The Hall–Kier alpha value is -2.57. The molecule has 1 N–H and O–H groups in total. The Kier molecular flexibility index (Phi) is 6.82. The maximum Gasteiger partial charge on any atom is 0.411 e. The van der Waals surface area contributed by atoms with Crippen molar-refractivity contribution in [3.05, 3.63) is 35.4 Å². The number of esters is 1. The first-order valence-electron chi connectivity index (χ1n) is 9.14. The Balaban J connectivity index is 1.87. The average molecular weight is 376 g/mol. The van der Waals surface area contributed by atoms with Crippen LogP contribution >= 0.6 is 0 Å². The zero-order chi connectivity index (χ0) is 20.0. The molecule has 7 nitrogen and oxygen atoms in total. The molecular weight excluding hydrogens is 348 g/mol. The molecule has 1 saturated heterocycles. The number of rotatable bonds is 5. The Morgan fingerprint density at radius 2 is 1.78 bits per heavy atom. The van der Waals surface area contributed by atoms with Crippen LogP contribution in [0.4, 0.5) is 4.79 Å². The summed E-state index contributed by atoms with van der Waals surface area (Å²) >= 11 is 0. The SMILES string of the molecule is CC(=O)NCc1ccc(COC(=O)[C@@H]2CCCN2C(=O)OC(C)(C)C)cc1. The van der Waals surface area contributed by atoms with Crippen molar-refractivity contribution in [2.75, 3.05) is 6.54 Å². The van der Waals surface area contributed by atoms with E-state index in [4.69, 9.17) is 9.47 Å². The molecule has 2 amide bonds. The smallest absolute Gasteiger partial charge is 0.411 e. The average Bonchev–Trinajstić information content (AvgIpc) is 3.07. The highest BCUT2D eigenvalue weighted by atomic mass is 16.6. The number of carbonyl (C=O) groups is 3. The van der Waals surface area contributed by atoms with Crippen LogP contribution in [0.2, 0.25) is 0 Å². The lowest BCUT2D eigenvalue weighted by atomic mass is 10.1. The predicted molar refractivity (Wildman–Crippen MR) is 99.7 cm³/mol. The maximum atomic E-state index is 12.4. The third kappa shape index (κ3) is 6.58. The first kappa shape index (κ1) is 20.7. The number of nitrogens with zero attached hydrogens (tertiary/aromatic N) is 1. The molecule has 1 aliphatic heterocycles. The van der Waals surface area contributed by atoms with E-state index in [0.29, 0.717) is 19.5 Å². The second kappa shape index (κ2) is 8.88. The molecule has 1 atom stereocenters. The summed E-state index contributed by atoms with van der Waals surface area (Å²) in [7, 11) is 0. The summed E-state index contributed by atoms with van der Waals surface area (Å²) < 4.78 is 10.8. The van der Waals surface area contributed by atoms with Gasteiger partial charge in [-0.2, -0.15) is 0 Å². The zero-order valence-corrected chi connectivity index (χ0v) is 16.4. The van der Waals surface area contributed by atoms with E-state index in [-0.39, 0.29) is 12.5 Å². The van der Waals surface area contributed by atoms with Crippen LogP contribution in [-0.2, 0) is 32.2 Å². The van der Waals surface area contributed by atoms with Gasteiger partial charge in [0.15, 0.2) is 0 Å². The van der Waals surface area contributed by atoms with Crippen molar-refractivity contribution >= 4 is 18.0 Å². The third-order valence-corrected chi connectivity index (χ3v) is 4.10. The second-order valence-corrected chi connectivity index (χ2v) is 7.67. The largest absolute Gasteiger partial charge is 0.459 e. The van der Waals surface area contributed by atoms with Gasteiger partial charge in [0.25, 0.3) is 0 Å². The fourth-order valence-electron chi connectivity index (χ4n) is 2.78. The van der Waals surface area contributed by atoms with Crippen molar-refractivity contribution < 1.29 is 23.9 Å². The van der Waals surface area contributed by atoms with Gasteiger partial charge in [0.1, 0.15) is 18.2 Å². The van der Waals surface area contributed by atoms with Crippen LogP contribution < -0.4 is 5.32 Å². The molecule has 27 heavy (non-hydrogen) atoms. The van der Waals surface area contributed by atoms with Crippen LogP contribution in [-0.4, -0.2) is 41.1 Å². The van der Waals surface area contributed by atoms with Gasteiger partial charge in [-0.3, -0.25) is 9.69 Å². The quantitative estimate of drug-likeness (QED) is 0.799. The highest BCUT2D eigenvalue weighted by Gasteiger charge is 2.37. The standard InChI is InChI=1S/C20H28N2O5/c1-14(23)21-12-15-7-9-16(10-8-15)13-26-18(24)17-6-5-11-22(17)19(25)27-20(2,3)4/h7-10,17H,5-6,11-13H2,1-4H3,(H,21,23)/t17-/m0/s1. The Morgan fingerprint density at radius 3 is 2.37 bits per heavy atom. The van der Waals surface area contributed by atoms with Gasteiger partial charge >= 0.3 is 12.1 Å². The van der Waals surface area contributed by atoms with Crippen molar-refractivity contribution in [3.8, 4) is 0 Å². The number of amides is 2. The fraction of sp³-hybridized carbons (Fsp3) is 0.550. The number of carbonyl (C=O) groups excluding carboxylic acids is 3.